The Bertz CT molecular complexity index is 4160. The van der Waals surface area contributed by atoms with Crippen molar-refractivity contribution in [2.24, 2.45) is 28.1 Å². The summed E-state index contributed by atoms with van der Waals surface area (Å²) >= 11 is 0. The highest BCUT2D eigenvalue weighted by Crippen LogP contribution is 2.40. The van der Waals surface area contributed by atoms with Crippen LogP contribution in [0.15, 0.2) is 46.2 Å². The molecule has 2 aliphatic heterocycles. The van der Waals surface area contributed by atoms with Crippen LogP contribution in [0.2, 0.25) is 0 Å². The van der Waals surface area contributed by atoms with Gasteiger partial charge in [0.05, 0.1) is 55.4 Å². The highest BCUT2D eigenvalue weighted by atomic mass is 19.1. The molecule has 115 heavy (non-hydrogen) atoms. The molecule has 34 heteroatoms. The number of fused-ring (bicyclic) bond motifs is 2. The molecule has 2 aromatic heterocycles. The monoisotopic (exact) mass is 1620 g/mol. The standard InChI is InChI=1S/C81H116F2N10O22/c1-11-13-14-53(3)41-80(7,8)51-85-76(103)91-27-23-89(24-28-91)67-40-65-59(38-63(67)83)72(99)61(44-93(65)56-17-18-56)74(101)111-36-32-107-30-29-106-31-35-110-73(100)60-43-92(55-15-16-55)64-39-66(62(82)37-58(64)71(60)98)88-21-25-90(26-22-88)75(102)84-20-19-54(4)42-81(9,10)52-87-78(105)115-49-70(97)113-47-68(95)109-34-33-108-45-57(94)46-112-69(96)48-114-77(104)86-50-79(5,6)12-2/h37-40,43-44,53-56H,11-36,41-42,45-52H2,1-10H3,(H,84,102)(H,85,103)(H,86,104)(H,87,105). The van der Waals surface area contributed by atoms with E-state index in [1.54, 1.807) is 21.9 Å². The predicted octanol–water partition coefficient (Wildman–Crippen LogP) is 8.76. The Balaban J connectivity index is 0.665. The van der Waals surface area contributed by atoms with Crippen LogP contribution in [0.3, 0.4) is 0 Å². The molecule has 2 atom stereocenters. The molecule has 4 N–H and O–H groups in total. The summed E-state index contributed by atoms with van der Waals surface area (Å²) in [6.45, 7) is 20.6. The summed E-state index contributed by atoms with van der Waals surface area (Å²) in [5.74, 6) is -5.87. The number of piperazine rings is 2. The average Bonchev–Trinajstić information content (AvgIpc) is 1.73. The molecule has 8 rings (SSSR count). The Hall–Kier alpha value is -9.70. The van der Waals surface area contributed by atoms with Gasteiger partial charge in [0.25, 0.3) is 0 Å². The quantitative estimate of drug-likeness (QED) is 0.0182. The maximum absolute atomic E-state index is 16.1. The Morgan fingerprint density at radius 2 is 0.861 bits per heavy atom. The van der Waals surface area contributed by atoms with Gasteiger partial charge >= 0.3 is 54.1 Å². The summed E-state index contributed by atoms with van der Waals surface area (Å²) in [5, 5.41) is 11.3. The first-order chi connectivity index (χ1) is 54.7. The number of unbranched alkanes of at least 4 members (excludes halogenated alkanes) is 1. The van der Waals surface area contributed by atoms with E-state index in [4.69, 9.17) is 47.4 Å². The van der Waals surface area contributed by atoms with Crippen LogP contribution in [-0.4, -0.2) is 243 Å². The summed E-state index contributed by atoms with van der Waals surface area (Å²) in [6.07, 6.45) is 11.0. The number of alkyl carbamates (subject to hydrolysis) is 2. The maximum Gasteiger partial charge on any atom is 0.407 e. The third-order valence-electron chi connectivity index (χ3n) is 20.6. The fourth-order valence-corrected chi connectivity index (χ4v) is 13.7. The molecule has 2 saturated heterocycles. The Morgan fingerprint density at radius 3 is 1.32 bits per heavy atom. The molecule has 2 aromatic carbocycles. The number of aromatic nitrogens is 2. The van der Waals surface area contributed by atoms with Crippen LogP contribution in [0.1, 0.15) is 173 Å². The average molecular weight is 1620 g/mol. The largest absolute Gasteiger partial charge is 0.461 e. The van der Waals surface area contributed by atoms with Gasteiger partial charge in [-0.3, -0.25) is 14.4 Å². The van der Waals surface area contributed by atoms with Gasteiger partial charge in [-0.1, -0.05) is 88.5 Å². The molecule has 4 aliphatic rings. The minimum atomic E-state index is -1.01. The first kappa shape index (κ1) is 90.8. The van der Waals surface area contributed by atoms with E-state index in [-0.39, 0.29) is 141 Å². The van der Waals surface area contributed by atoms with Gasteiger partial charge < -0.3 is 97.4 Å². The SMILES string of the molecule is CCCCC(C)CC(C)(C)CNC(=O)N1CCN(c2cc3c(cc2F)c(=O)c(C(=O)OCCOCCOCCOC(=O)c2cn(C4CC4)c4cc(N5CCN(C(=O)NCCC(C)CC(C)(C)CNC(=O)OCC(=O)OCC(=O)OCCOCC(=O)COC(=O)COC(=O)NCC(C)(C)CC)CC5)c(F)cc4c2=O)cn3C2CC2)CC1. The van der Waals surface area contributed by atoms with Crippen molar-refractivity contribution in [1.29, 1.82) is 0 Å². The highest BCUT2D eigenvalue weighted by Gasteiger charge is 2.34. The van der Waals surface area contributed by atoms with Gasteiger partial charge in [0.15, 0.2) is 32.2 Å². The molecular weight excluding hydrogens is 1500 g/mol. The number of hydrogen-bond donors (Lipinski definition) is 4. The van der Waals surface area contributed by atoms with Crippen molar-refractivity contribution in [3.05, 3.63) is 79.9 Å². The summed E-state index contributed by atoms with van der Waals surface area (Å²) < 4.78 is 87.1. The fraction of sp³-hybridized carbons (Fsp3) is 0.654. The van der Waals surface area contributed by atoms with Crippen LogP contribution in [0.5, 0.6) is 0 Å². The molecule has 0 bridgehead atoms. The number of esters is 5. The number of ketones is 1. The van der Waals surface area contributed by atoms with E-state index in [2.05, 4.69) is 49.0 Å². The maximum atomic E-state index is 16.1. The van der Waals surface area contributed by atoms with E-state index in [1.165, 1.54) is 24.9 Å². The lowest BCUT2D eigenvalue weighted by atomic mass is 9.81. The summed E-state index contributed by atoms with van der Waals surface area (Å²) in [4.78, 5) is 160. The molecular formula is C81H116F2N10O22. The minimum Gasteiger partial charge on any atom is -0.461 e. The van der Waals surface area contributed by atoms with Crippen LogP contribution >= 0.6 is 0 Å². The van der Waals surface area contributed by atoms with Crippen LogP contribution in [-0.2, 0) is 66.5 Å². The summed E-state index contributed by atoms with van der Waals surface area (Å²) in [5.41, 5.74) is -0.918. The van der Waals surface area contributed by atoms with Crippen molar-refractivity contribution in [3.63, 3.8) is 0 Å². The normalized spacial score (nSPS) is 15.2. The third-order valence-corrected chi connectivity index (χ3v) is 20.6. The lowest BCUT2D eigenvalue weighted by molar-refractivity contribution is -0.161. The molecule has 0 spiro atoms. The van der Waals surface area contributed by atoms with Gasteiger partial charge in [-0.15, -0.1) is 0 Å². The topological polar surface area (TPSA) is 368 Å². The smallest absolute Gasteiger partial charge is 0.407 e. The first-order valence-corrected chi connectivity index (χ1v) is 39.9. The molecule has 4 aromatic rings. The summed E-state index contributed by atoms with van der Waals surface area (Å²) in [7, 11) is 0. The van der Waals surface area contributed by atoms with E-state index in [0.717, 1.165) is 57.4 Å². The third kappa shape index (κ3) is 28.9. The van der Waals surface area contributed by atoms with Gasteiger partial charge in [0.1, 0.15) is 49.2 Å². The number of carbonyl (C=O) groups is 10. The minimum absolute atomic E-state index is 0.0180. The van der Waals surface area contributed by atoms with Crippen LogP contribution in [0, 0.1) is 39.7 Å². The number of hydrogen-bond acceptors (Lipinski definition) is 24. The van der Waals surface area contributed by atoms with Crippen molar-refractivity contribution in [1.82, 2.24) is 40.2 Å². The van der Waals surface area contributed by atoms with Crippen LogP contribution < -0.4 is 41.9 Å². The van der Waals surface area contributed by atoms with Gasteiger partial charge in [-0.25, -0.2) is 51.9 Å². The zero-order valence-electron chi connectivity index (χ0n) is 68.2. The lowest BCUT2D eigenvalue weighted by Crippen LogP contribution is -2.53. The second-order valence-corrected chi connectivity index (χ2v) is 32.4. The molecule has 0 radical (unpaired) electrons. The van der Waals surface area contributed by atoms with Crippen LogP contribution in [0.4, 0.5) is 39.3 Å². The zero-order valence-corrected chi connectivity index (χ0v) is 68.2. The number of nitrogens with one attached hydrogen (secondary N) is 4. The molecule has 2 aliphatic carbocycles. The number of benzene rings is 2. The number of carbonyl (C=O) groups excluding carboxylic acids is 10. The summed E-state index contributed by atoms with van der Waals surface area (Å²) in [6, 6.07) is 5.18. The molecule has 2 unspecified atom stereocenters. The number of Topliss-reactive ketones (excluding diaryl/α,β-unsaturated/α-hetero) is 1. The van der Waals surface area contributed by atoms with Crippen molar-refractivity contribution in [2.45, 2.75) is 152 Å². The molecule has 4 heterocycles. The van der Waals surface area contributed by atoms with Gasteiger partial charge in [0.2, 0.25) is 10.9 Å². The van der Waals surface area contributed by atoms with E-state index < -0.39 is 109 Å². The zero-order chi connectivity index (χ0) is 83.6. The molecule has 636 valence electrons. The predicted molar refractivity (Wildman–Crippen MR) is 420 cm³/mol. The number of pyridine rings is 2. The number of halogens is 2. The number of amides is 6. The van der Waals surface area contributed by atoms with Crippen molar-refractivity contribution < 1.29 is 104 Å². The number of ether oxygens (including phenoxy) is 10. The Kier molecular flexibility index (Phi) is 34.2. The second-order valence-electron chi connectivity index (χ2n) is 32.4. The Labute approximate surface area is 668 Å². The molecule has 4 fully saturated rings. The first-order valence-electron chi connectivity index (χ1n) is 39.9. The molecule has 6 amide bonds. The van der Waals surface area contributed by atoms with E-state index >= 15 is 8.78 Å². The van der Waals surface area contributed by atoms with Gasteiger partial charge in [-0.05, 0) is 104 Å². The van der Waals surface area contributed by atoms with E-state index in [1.807, 2.05) is 60.5 Å². The van der Waals surface area contributed by atoms with E-state index in [9.17, 15) is 57.5 Å². The lowest BCUT2D eigenvalue weighted by Gasteiger charge is -2.37. The second kappa shape index (κ2) is 43.3. The number of anilines is 2. The van der Waals surface area contributed by atoms with Crippen molar-refractivity contribution >= 4 is 93.1 Å². The fourth-order valence-electron chi connectivity index (χ4n) is 13.7. The van der Waals surface area contributed by atoms with E-state index in [0.29, 0.717) is 94.4 Å². The Morgan fingerprint density at radius 1 is 0.461 bits per heavy atom. The van der Waals surface area contributed by atoms with Gasteiger partial charge in [-0.2, -0.15) is 0 Å². The number of nitrogens with zero attached hydrogens (tertiary/aromatic N) is 6. The number of rotatable bonds is 45. The van der Waals surface area contributed by atoms with Crippen molar-refractivity contribution in [2.75, 3.05) is 174 Å². The molecule has 32 nitrogen and oxygen atoms in total. The van der Waals surface area contributed by atoms with Crippen molar-refractivity contribution in [3.8, 4) is 0 Å². The highest BCUT2D eigenvalue weighted by molar-refractivity contribution is 5.96. The number of urea groups is 2. The molecule has 2 saturated carbocycles. The van der Waals surface area contributed by atoms with Crippen LogP contribution in [0.25, 0.3) is 21.8 Å². The van der Waals surface area contributed by atoms with Gasteiger partial charge in [0, 0.05) is 114 Å².